The van der Waals surface area contributed by atoms with E-state index >= 15 is 0 Å². The summed E-state index contributed by atoms with van der Waals surface area (Å²) >= 11 is 5.03. The second kappa shape index (κ2) is 8.00. The van der Waals surface area contributed by atoms with Crippen molar-refractivity contribution in [2.75, 3.05) is 14.2 Å². The number of nitrogens with zero attached hydrogens (tertiary/aromatic N) is 1. The van der Waals surface area contributed by atoms with Gasteiger partial charge in [-0.3, -0.25) is 4.79 Å². The third kappa shape index (κ3) is 3.56. The first kappa shape index (κ1) is 19.7. The number of ether oxygens (including phenoxy) is 2. The van der Waals surface area contributed by atoms with Crippen LogP contribution in [-0.2, 0) is 6.42 Å². The fraction of sp³-hybridized carbons (Fsp3) is 0.182. The molecule has 0 aliphatic carbocycles. The molecule has 2 aromatic heterocycles. The average Bonchev–Trinajstić information content (AvgIpc) is 3.13. The lowest BCUT2D eigenvalue weighted by Crippen LogP contribution is -2.09. The van der Waals surface area contributed by atoms with Gasteiger partial charge < -0.3 is 14.5 Å². The molecule has 0 saturated carbocycles. The molecule has 0 fully saturated rings. The van der Waals surface area contributed by atoms with Crippen molar-refractivity contribution >= 4 is 37.5 Å². The molecular weight excluding hydrogens is 452 g/mol. The zero-order valence-corrected chi connectivity index (χ0v) is 18.6. The predicted octanol–water partition coefficient (Wildman–Crippen LogP) is 5.66. The lowest BCUT2D eigenvalue weighted by atomic mass is 10.0. The van der Waals surface area contributed by atoms with Gasteiger partial charge in [-0.1, -0.05) is 35.0 Å². The van der Waals surface area contributed by atoms with Gasteiger partial charge in [0.1, 0.15) is 10.7 Å². The number of aromatic nitrogens is 2. The van der Waals surface area contributed by atoms with Crippen LogP contribution in [-0.4, -0.2) is 24.2 Å². The van der Waals surface area contributed by atoms with Crippen LogP contribution in [0.5, 0.6) is 11.5 Å². The highest BCUT2D eigenvalue weighted by atomic mass is 79.9. The van der Waals surface area contributed by atoms with Crippen molar-refractivity contribution in [3.8, 4) is 34.0 Å². The van der Waals surface area contributed by atoms with E-state index in [-0.39, 0.29) is 5.56 Å². The standard InChI is InChI=1S/C22H19BrN2O3S/c1-4-17-18(12-5-8-14(23)9-6-12)19-21(26)24-20(25-22(19)29-17)13-7-10-15(27-2)16(11-13)28-3/h5-11H,4H2,1-3H3,(H,24,25,26). The van der Waals surface area contributed by atoms with Crippen LogP contribution in [0.15, 0.2) is 51.7 Å². The van der Waals surface area contributed by atoms with Crippen molar-refractivity contribution in [2.24, 2.45) is 0 Å². The van der Waals surface area contributed by atoms with Gasteiger partial charge in [-0.15, -0.1) is 11.3 Å². The molecule has 4 aromatic rings. The summed E-state index contributed by atoms with van der Waals surface area (Å²) in [5.41, 5.74) is 2.60. The van der Waals surface area contributed by atoms with Gasteiger partial charge in [0.15, 0.2) is 11.5 Å². The summed E-state index contributed by atoms with van der Waals surface area (Å²) in [5, 5.41) is 0.637. The van der Waals surface area contributed by atoms with Gasteiger partial charge >= 0.3 is 0 Å². The Kier molecular flexibility index (Phi) is 5.43. The Morgan fingerprint density at radius 2 is 1.72 bits per heavy atom. The molecule has 7 heteroatoms. The number of halogens is 1. The van der Waals surface area contributed by atoms with Crippen molar-refractivity contribution in [1.29, 1.82) is 0 Å². The third-order valence-electron chi connectivity index (χ3n) is 4.75. The summed E-state index contributed by atoms with van der Waals surface area (Å²) < 4.78 is 11.7. The number of aromatic amines is 1. The molecule has 4 rings (SSSR count). The van der Waals surface area contributed by atoms with Gasteiger partial charge in [0, 0.05) is 20.5 Å². The highest BCUT2D eigenvalue weighted by Gasteiger charge is 2.19. The van der Waals surface area contributed by atoms with Crippen molar-refractivity contribution in [1.82, 2.24) is 9.97 Å². The first-order chi connectivity index (χ1) is 14.0. The minimum absolute atomic E-state index is 0.145. The molecule has 2 aromatic carbocycles. The van der Waals surface area contributed by atoms with Crippen molar-refractivity contribution in [3.63, 3.8) is 0 Å². The summed E-state index contributed by atoms with van der Waals surface area (Å²) in [5.74, 6) is 1.72. The van der Waals surface area contributed by atoms with Crippen LogP contribution in [0.1, 0.15) is 11.8 Å². The van der Waals surface area contributed by atoms with Gasteiger partial charge in [-0.25, -0.2) is 4.98 Å². The number of H-pyrrole nitrogens is 1. The maximum absolute atomic E-state index is 13.1. The fourth-order valence-electron chi connectivity index (χ4n) is 3.35. The summed E-state index contributed by atoms with van der Waals surface area (Å²) in [4.78, 5) is 22.7. The van der Waals surface area contributed by atoms with Crippen LogP contribution in [0.25, 0.3) is 32.7 Å². The number of benzene rings is 2. The number of fused-ring (bicyclic) bond motifs is 1. The Balaban J connectivity index is 1.91. The van der Waals surface area contributed by atoms with E-state index in [0.717, 1.165) is 37.3 Å². The van der Waals surface area contributed by atoms with E-state index in [1.54, 1.807) is 31.6 Å². The number of methoxy groups -OCH3 is 2. The summed E-state index contributed by atoms with van der Waals surface area (Å²) in [6.45, 7) is 2.09. The summed E-state index contributed by atoms with van der Waals surface area (Å²) in [6, 6.07) is 13.5. The Morgan fingerprint density at radius 3 is 2.38 bits per heavy atom. The van der Waals surface area contributed by atoms with Crippen LogP contribution in [0.3, 0.4) is 0 Å². The monoisotopic (exact) mass is 470 g/mol. The van der Waals surface area contributed by atoms with Crippen LogP contribution in [0, 0.1) is 0 Å². The number of thiophene rings is 1. The van der Waals surface area contributed by atoms with Crippen LogP contribution < -0.4 is 15.0 Å². The van der Waals surface area contributed by atoms with E-state index in [9.17, 15) is 4.79 Å². The lowest BCUT2D eigenvalue weighted by molar-refractivity contribution is 0.355. The third-order valence-corrected chi connectivity index (χ3v) is 6.50. The molecule has 0 amide bonds. The van der Waals surface area contributed by atoms with E-state index < -0.39 is 0 Å². The molecule has 0 spiro atoms. The topological polar surface area (TPSA) is 64.2 Å². The molecule has 0 aliphatic heterocycles. The smallest absolute Gasteiger partial charge is 0.260 e. The number of nitrogens with one attached hydrogen (secondary N) is 1. The van der Waals surface area contributed by atoms with E-state index in [1.165, 1.54) is 0 Å². The molecular formula is C22H19BrN2O3S. The quantitative estimate of drug-likeness (QED) is 0.408. The molecule has 29 heavy (non-hydrogen) atoms. The molecule has 2 heterocycles. The second-order valence-electron chi connectivity index (χ2n) is 6.43. The van der Waals surface area contributed by atoms with E-state index in [0.29, 0.717) is 22.7 Å². The molecule has 0 bridgehead atoms. The highest BCUT2D eigenvalue weighted by Crippen LogP contribution is 2.38. The van der Waals surface area contributed by atoms with E-state index in [1.807, 2.05) is 36.4 Å². The Morgan fingerprint density at radius 1 is 1.03 bits per heavy atom. The van der Waals surface area contributed by atoms with Crippen molar-refractivity contribution in [2.45, 2.75) is 13.3 Å². The van der Waals surface area contributed by atoms with Gasteiger partial charge in [-0.05, 0) is 42.3 Å². The number of hydrogen-bond donors (Lipinski definition) is 1. The summed E-state index contributed by atoms with van der Waals surface area (Å²) in [7, 11) is 3.17. The zero-order valence-electron chi connectivity index (χ0n) is 16.2. The first-order valence-electron chi connectivity index (χ1n) is 9.09. The average molecular weight is 471 g/mol. The lowest BCUT2D eigenvalue weighted by Gasteiger charge is -2.09. The van der Waals surface area contributed by atoms with Crippen LogP contribution >= 0.6 is 27.3 Å². The summed E-state index contributed by atoms with van der Waals surface area (Å²) in [6.07, 6.45) is 0.831. The van der Waals surface area contributed by atoms with E-state index in [4.69, 9.17) is 14.5 Å². The maximum Gasteiger partial charge on any atom is 0.260 e. The first-order valence-corrected chi connectivity index (χ1v) is 10.7. The van der Waals surface area contributed by atoms with Gasteiger partial charge in [0.2, 0.25) is 0 Å². The number of hydrogen-bond acceptors (Lipinski definition) is 5. The predicted molar refractivity (Wildman–Crippen MR) is 121 cm³/mol. The highest BCUT2D eigenvalue weighted by molar-refractivity contribution is 9.10. The minimum Gasteiger partial charge on any atom is -0.493 e. The van der Waals surface area contributed by atoms with Gasteiger partial charge in [-0.2, -0.15) is 0 Å². The van der Waals surface area contributed by atoms with Gasteiger partial charge in [0.25, 0.3) is 5.56 Å². The van der Waals surface area contributed by atoms with Crippen LogP contribution in [0.4, 0.5) is 0 Å². The molecule has 0 aliphatic rings. The maximum atomic E-state index is 13.1. The Labute approximate surface area is 180 Å². The zero-order chi connectivity index (χ0) is 20.5. The van der Waals surface area contributed by atoms with Crippen molar-refractivity contribution < 1.29 is 9.47 Å². The van der Waals surface area contributed by atoms with Crippen molar-refractivity contribution in [3.05, 3.63) is 62.2 Å². The fourth-order valence-corrected chi connectivity index (χ4v) is 4.74. The molecule has 0 saturated heterocycles. The number of rotatable bonds is 5. The second-order valence-corrected chi connectivity index (χ2v) is 8.42. The van der Waals surface area contributed by atoms with Crippen LogP contribution in [0.2, 0.25) is 0 Å². The van der Waals surface area contributed by atoms with E-state index in [2.05, 4.69) is 27.8 Å². The molecule has 148 valence electrons. The normalized spacial score (nSPS) is 11.0. The molecule has 5 nitrogen and oxygen atoms in total. The van der Waals surface area contributed by atoms with Gasteiger partial charge in [0.05, 0.1) is 19.6 Å². The molecule has 0 atom stereocenters. The SMILES string of the molecule is CCc1sc2nc(-c3ccc(OC)c(OC)c3)[nH]c(=O)c2c1-c1ccc(Br)cc1. The molecule has 0 unspecified atom stereocenters. The number of aryl methyl sites for hydroxylation is 1. The Bertz CT molecular complexity index is 1250. The Hall–Kier alpha value is -2.64. The minimum atomic E-state index is -0.145. The molecule has 0 radical (unpaired) electrons. The largest absolute Gasteiger partial charge is 0.493 e. The molecule has 1 N–H and O–H groups in total.